The van der Waals surface area contributed by atoms with E-state index in [1.54, 1.807) is 24.5 Å². The van der Waals surface area contributed by atoms with Crippen LogP contribution in [-0.2, 0) is 6.54 Å². The van der Waals surface area contributed by atoms with E-state index >= 15 is 0 Å². The first-order chi connectivity index (χ1) is 11.3. The molecule has 23 heavy (non-hydrogen) atoms. The minimum absolute atomic E-state index is 0.0393. The molecule has 3 heterocycles. The first-order valence-electron chi connectivity index (χ1n) is 8.15. The van der Waals surface area contributed by atoms with E-state index in [0.29, 0.717) is 18.1 Å². The highest BCUT2D eigenvalue weighted by Crippen LogP contribution is 2.21. The van der Waals surface area contributed by atoms with Crippen molar-refractivity contribution in [3.05, 3.63) is 42.4 Å². The summed E-state index contributed by atoms with van der Waals surface area (Å²) in [6.07, 6.45) is 8.52. The summed E-state index contributed by atoms with van der Waals surface area (Å²) in [6, 6.07) is 5.64. The summed E-state index contributed by atoms with van der Waals surface area (Å²) < 4.78 is 7.23. The highest BCUT2D eigenvalue weighted by molar-refractivity contribution is 5.94. The summed E-state index contributed by atoms with van der Waals surface area (Å²) >= 11 is 0. The van der Waals surface area contributed by atoms with Crippen molar-refractivity contribution in [1.29, 1.82) is 0 Å². The van der Waals surface area contributed by atoms with Crippen LogP contribution >= 0.6 is 0 Å². The fourth-order valence-electron chi connectivity index (χ4n) is 2.99. The Morgan fingerprint density at radius 2 is 2.30 bits per heavy atom. The van der Waals surface area contributed by atoms with Crippen LogP contribution in [0.3, 0.4) is 0 Å². The van der Waals surface area contributed by atoms with Crippen molar-refractivity contribution in [2.75, 3.05) is 13.2 Å². The monoisotopic (exact) mass is 314 g/mol. The van der Waals surface area contributed by atoms with Crippen LogP contribution in [0, 0.1) is 0 Å². The second kappa shape index (κ2) is 7.26. The average Bonchev–Trinajstić information content (AvgIpc) is 3.09. The summed E-state index contributed by atoms with van der Waals surface area (Å²) in [6.45, 7) is 4.01. The van der Waals surface area contributed by atoms with Gasteiger partial charge in [0.05, 0.1) is 24.8 Å². The van der Waals surface area contributed by atoms with Gasteiger partial charge in [-0.2, -0.15) is 5.10 Å². The van der Waals surface area contributed by atoms with Gasteiger partial charge in [0, 0.05) is 31.2 Å². The third-order valence-electron chi connectivity index (χ3n) is 4.12. The second-order valence-electron chi connectivity index (χ2n) is 5.69. The van der Waals surface area contributed by atoms with E-state index in [1.807, 2.05) is 28.8 Å². The van der Waals surface area contributed by atoms with E-state index in [4.69, 9.17) is 4.74 Å². The van der Waals surface area contributed by atoms with Gasteiger partial charge in [-0.15, -0.1) is 0 Å². The summed E-state index contributed by atoms with van der Waals surface area (Å²) in [5.41, 5.74) is 0.612. The first kappa shape index (κ1) is 15.5. The molecule has 0 saturated carbocycles. The van der Waals surface area contributed by atoms with E-state index < -0.39 is 0 Å². The van der Waals surface area contributed by atoms with Gasteiger partial charge in [-0.1, -0.05) is 0 Å². The van der Waals surface area contributed by atoms with Gasteiger partial charge in [0.1, 0.15) is 0 Å². The molecule has 1 aliphatic heterocycles. The number of ether oxygens (including phenoxy) is 1. The molecule has 6 heteroatoms. The Morgan fingerprint density at radius 1 is 1.39 bits per heavy atom. The maximum Gasteiger partial charge on any atom is 0.255 e. The van der Waals surface area contributed by atoms with E-state index in [-0.39, 0.29) is 11.9 Å². The van der Waals surface area contributed by atoms with E-state index in [1.165, 1.54) is 0 Å². The van der Waals surface area contributed by atoms with Crippen LogP contribution in [0.25, 0.3) is 0 Å². The SMILES string of the molecule is CCOc1ccc(C(=O)N2CCCCC2Cn2cccn2)cn1. The highest BCUT2D eigenvalue weighted by atomic mass is 16.5. The van der Waals surface area contributed by atoms with Crippen molar-refractivity contribution >= 4 is 5.91 Å². The van der Waals surface area contributed by atoms with Crippen LogP contribution in [0.15, 0.2) is 36.8 Å². The number of pyridine rings is 1. The Hall–Kier alpha value is -2.37. The second-order valence-corrected chi connectivity index (χ2v) is 5.69. The molecule has 0 bridgehead atoms. The van der Waals surface area contributed by atoms with E-state index in [2.05, 4.69) is 10.1 Å². The zero-order valence-corrected chi connectivity index (χ0v) is 13.4. The maximum absolute atomic E-state index is 12.8. The number of hydrogen-bond acceptors (Lipinski definition) is 4. The summed E-state index contributed by atoms with van der Waals surface area (Å²) in [4.78, 5) is 19.0. The minimum atomic E-state index is 0.0393. The lowest BCUT2D eigenvalue weighted by atomic mass is 10.0. The van der Waals surface area contributed by atoms with Gasteiger partial charge in [0.2, 0.25) is 5.88 Å². The van der Waals surface area contributed by atoms with Crippen molar-refractivity contribution < 1.29 is 9.53 Å². The van der Waals surface area contributed by atoms with Gasteiger partial charge in [-0.25, -0.2) is 4.98 Å². The van der Waals surface area contributed by atoms with Gasteiger partial charge < -0.3 is 9.64 Å². The normalized spacial score (nSPS) is 18.0. The summed E-state index contributed by atoms with van der Waals surface area (Å²) in [7, 11) is 0. The number of piperidine rings is 1. The van der Waals surface area contributed by atoms with Gasteiger partial charge in [0.25, 0.3) is 5.91 Å². The van der Waals surface area contributed by atoms with Crippen LogP contribution in [0.2, 0.25) is 0 Å². The largest absolute Gasteiger partial charge is 0.478 e. The lowest BCUT2D eigenvalue weighted by Gasteiger charge is -2.35. The molecule has 1 fully saturated rings. The van der Waals surface area contributed by atoms with Crippen LogP contribution in [0.1, 0.15) is 36.5 Å². The first-order valence-corrected chi connectivity index (χ1v) is 8.15. The van der Waals surface area contributed by atoms with Crippen LogP contribution in [0.5, 0.6) is 5.88 Å². The molecule has 0 N–H and O–H groups in total. The van der Waals surface area contributed by atoms with Gasteiger partial charge in [-0.05, 0) is 38.3 Å². The molecule has 1 saturated heterocycles. The fraction of sp³-hybridized carbons (Fsp3) is 0.471. The molecule has 1 unspecified atom stereocenters. The third kappa shape index (κ3) is 3.70. The molecule has 3 rings (SSSR count). The molecule has 0 spiro atoms. The molecule has 0 aliphatic carbocycles. The lowest BCUT2D eigenvalue weighted by Crippen LogP contribution is -2.46. The number of likely N-dealkylation sites (tertiary alicyclic amines) is 1. The smallest absolute Gasteiger partial charge is 0.255 e. The maximum atomic E-state index is 12.8. The van der Waals surface area contributed by atoms with Crippen molar-refractivity contribution in [3.8, 4) is 5.88 Å². The summed E-state index contributed by atoms with van der Waals surface area (Å²) in [5, 5.41) is 4.26. The Balaban J connectivity index is 1.72. The summed E-state index contributed by atoms with van der Waals surface area (Å²) in [5.74, 6) is 0.591. The Kier molecular flexibility index (Phi) is 4.90. The Bertz CT molecular complexity index is 625. The topological polar surface area (TPSA) is 60.2 Å². The predicted molar refractivity (Wildman–Crippen MR) is 86.3 cm³/mol. The molecule has 1 amide bonds. The Morgan fingerprint density at radius 3 is 3.00 bits per heavy atom. The molecule has 1 aliphatic rings. The van der Waals surface area contributed by atoms with Crippen molar-refractivity contribution in [2.24, 2.45) is 0 Å². The number of nitrogens with zero attached hydrogens (tertiary/aromatic N) is 4. The van der Waals surface area contributed by atoms with Crippen molar-refractivity contribution in [1.82, 2.24) is 19.7 Å². The molecular weight excluding hydrogens is 292 g/mol. The van der Waals surface area contributed by atoms with Gasteiger partial charge >= 0.3 is 0 Å². The molecule has 122 valence electrons. The number of aromatic nitrogens is 3. The number of rotatable bonds is 5. The Labute approximate surface area is 136 Å². The minimum Gasteiger partial charge on any atom is -0.478 e. The predicted octanol–water partition coefficient (Wildman–Crippen LogP) is 2.37. The van der Waals surface area contributed by atoms with E-state index in [0.717, 1.165) is 32.4 Å². The number of carbonyl (C=O) groups excluding carboxylic acids is 1. The van der Waals surface area contributed by atoms with Crippen molar-refractivity contribution in [3.63, 3.8) is 0 Å². The number of carbonyl (C=O) groups is 1. The average molecular weight is 314 g/mol. The van der Waals surface area contributed by atoms with Crippen LogP contribution in [-0.4, -0.2) is 44.8 Å². The van der Waals surface area contributed by atoms with Gasteiger partial charge in [-0.3, -0.25) is 9.48 Å². The number of hydrogen-bond donors (Lipinski definition) is 0. The van der Waals surface area contributed by atoms with Crippen LogP contribution < -0.4 is 4.74 Å². The quantitative estimate of drug-likeness (QED) is 0.850. The standard InChI is InChI=1S/C17H22N4O2/c1-2-23-16-8-7-14(12-18-16)17(22)21-11-4-3-6-15(21)13-20-10-5-9-19-20/h5,7-10,12,15H,2-4,6,11,13H2,1H3. The van der Waals surface area contributed by atoms with Crippen LogP contribution in [0.4, 0.5) is 0 Å². The fourth-order valence-corrected chi connectivity index (χ4v) is 2.99. The molecular formula is C17H22N4O2. The molecule has 2 aromatic heterocycles. The zero-order valence-electron chi connectivity index (χ0n) is 13.4. The third-order valence-corrected chi connectivity index (χ3v) is 4.12. The number of amides is 1. The zero-order chi connectivity index (χ0) is 16.1. The van der Waals surface area contributed by atoms with Gasteiger partial charge in [0.15, 0.2) is 0 Å². The van der Waals surface area contributed by atoms with Crippen molar-refractivity contribution in [2.45, 2.75) is 38.8 Å². The molecule has 0 aromatic carbocycles. The molecule has 6 nitrogen and oxygen atoms in total. The lowest BCUT2D eigenvalue weighted by molar-refractivity contribution is 0.0583. The molecule has 2 aromatic rings. The van der Waals surface area contributed by atoms with E-state index in [9.17, 15) is 4.79 Å². The highest BCUT2D eigenvalue weighted by Gasteiger charge is 2.28. The molecule has 0 radical (unpaired) electrons. The molecule has 1 atom stereocenters.